The molecule has 2 N–H and O–H groups in total. The van der Waals surface area contributed by atoms with Crippen LogP contribution in [0.1, 0.15) is 15.9 Å². The number of halogens is 4. The van der Waals surface area contributed by atoms with E-state index >= 15 is 0 Å². The van der Waals surface area contributed by atoms with E-state index in [1.54, 1.807) is 6.07 Å². The number of carbonyl (C=O) groups is 1. The molecule has 11 heteroatoms. The van der Waals surface area contributed by atoms with Crippen molar-refractivity contribution >= 4 is 46.2 Å². The van der Waals surface area contributed by atoms with Gasteiger partial charge in [0.2, 0.25) is 0 Å². The van der Waals surface area contributed by atoms with Crippen molar-refractivity contribution in [3.8, 4) is 5.75 Å². The molecule has 1 amide bonds. The lowest BCUT2D eigenvalue weighted by atomic mass is 10.1. The van der Waals surface area contributed by atoms with Gasteiger partial charge in [-0.05, 0) is 48.6 Å². The summed E-state index contributed by atoms with van der Waals surface area (Å²) < 4.78 is 50.2. The second-order valence-corrected chi connectivity index (χ2v) is 7.43. The molecule has 1 fully saturated rings. The van der Waals surface area contributed by atoms with Crippen molar-refractivity contribution in [1.29, 1.82) is 0 Å². The summed E-state index contributed by atoms with van der Waals surface area (Å²) in [6.07, 6.45) is -4.53. The number of ether oxygens (including phenoxy) is 2. The molecular weight excluding hydrogens is 455 g/mol. The van der Waals surface area contributed by atoms with E-state index < -0.39 is 17.6 Å². The molecule has 2 aromatic rings. The molecule has 2 aromatic carbocycles. The average molecular weight is 474 g/mol. The number of alkyl halides is 3. The normalized spacial score (nSPS) is 14.2. The number of anilines is 2. The fraction of sp³-hybridized carbons (Fsp3) is 0.300. The molecule has 166 valence electrons. The van der Waals surface area contributed by atoms with Crippen LogP contribution < -0.4 is 20.3 Å². The topological polar surface area (TPSA) is 62.8 Å². The molecule has 0 spiro atoms. The van der Waals surface area contributed by atoms with Gasteiger partial charge < -0.3 is 19.7 Å². The number of thiocarbonyl (C=S) groups is 1. The van der Waals surface area contributed by atoms with Crippen LogP contribution in [0.5, 0.6) is 5.75 Å². The number of hydrogen-bond donors (Lipinski definition) is 2. The number of benzene rings is 2. The summed E-state index contributed by atoms with van der Waals surface area (Å²) in [6, 6.07) is 7.84. The van der Waals surface area contributed by atoms with E-state index in [0.29, 0.717) is 37.0 Å². The molecule has 0 atom stereocenters. The fourth-order valence-corrected chi connectivity index (χ4v) is 3.45. The minimum Gasteiger partial charge on any atom is -0.496 e. The largest absolute Gasteiger partial charge is 0.496 e. The van der Waals surface area contributed by atoms with Gasteiger partial charge in [0.25, 0.3) is 5.91 Å². The fourth-order valence-electron chi connectivity index (χ4n) is 3.07. The highest BCUT2D eigenvalue weighted by Crippen LogP contribution is 2.35. The number of carbonyl (C=O) groups excluding carboxylic acids is 1. The molecule has 0 saturated carbocycles. The van der Waals surface area contributed by atoms with Crippen LogP contribution >= 0.6 is 23.8 Å². The summed E-state index contributed by atoms with van der Waals surface area (Å²) >= 11 is 11.1. The number of methoxy groups -OCH3 is 1. The Bertz CT molecular complexity index is 982. The van der Waals surface area contributed by atoms with Gasteiger partial charge in [-0.2, -0.15) is 13.2 Å². The summed E-state index contributed by atoms with van der Waals surface area (Å²) in [5, 5.41) is 5.32. The highest BCUT2D eigenvalue weighted by Gasteiger charge is 2.32. The molecule has 6 nitrogen and oxygen atoms in total. The van der Waals surface area contributed by atoms with Crippen molar-refractivity contribution < 1.29 is 27.4 Å². The number of amides is 1. The Labute approximate surface area is 187 Å². The zero-order valence-electron chi connectivity index (χ0n) is 16.4. The second kappa shape index (κ2) is 9.71. The van der Waals surface area contributed by atoms with Crippen molar-refractivity contribution in [2.75, 3.05) is 43.6 Å². The Morgan fingerprint density at radius 1 is 1.19 bits per heavy atom. The maximum atomic E-state index is 13.2. The van der Waals surface area contributed by atoms with Crippen LogP contribution in [-0.4, -0.2) is 44.4 Å². The lowest BCUT2D eigenvalue weighted by Crippen LogP contribution is -2.38. The first-order valence-electron chi connectivity index (χ1n) is 9.19. The molecule has 3 rings (SSSR count). The summed E-state index contributed by atoms with van der Waals surface area (Å²) in [7, 11) is 1.40. The SMILES string of the molecule is COc1ccc(Cl)cc1C(=O)NC(=S)Nc1cc(C(F)(F)F)ccc1N1CCOCC1. The molecule has 0 radical (unpaired) electrons. The quantitative estimate of drug-likeness (QED) is 0.644. The molecule has 1 saturated heterocycles. The van der Waals surface area contributed by atoms with Crippen LogP contribution in [0.25, 0.3) is 0 Å². The third-order valence-electron chi connectivity index (χ3n) is 4.56. The lowest BCUT2D eigenvalue weighted by molar-refractivity contribution is -0.137. The lowest BCUT2D eigenvalue weighted by Gasteiger charge is -2.31. The first-order chi connectivity index (χ1) is 14.7. The summed E-state index contributed by atoms with van der Waals surface area (Å²) in [6.45, 7) is 1.93. The molecule has 1 aliphatic rings. The van der Waals surface area contributed by atoms with Crippen molar-refractivity contribution in [1.82, 2.24) is 5.32 Å². The van der Waals surface area contributed by atoms with Gasteiger partial charge >= 0.3 is 6.18 Å². The average Bonchev–Trinajstić information content (AvgIpc) is 2.73. The van der Waals surface area contributed by atoms with Gasteiger partial charge in [0.15, 0.2) is 5.11 Å². The number of hydrogen-bond acceptors (Lipinski definition) is 5. The Morgan fingerprint density at radius 3 is 2.55 bits per heavy atom. The molecule has 31 heavy (non-hydrogen) atoms. The van der Waals surface area contributed by atoms with Crippen molar-refractivity contribution in [2.45, 2.75) is 6.18 Å². The van der Waals surface area contributed by atoms with E-state index in [-0.39, 0.29) is 22.1 Å². The first kappa shape index (κ1) is 23.1. The van der Waals surface area contributed by atoms with Gasteiger partial charge in [-0.25, -0.2) is 0 Å². The third kappa shape index (κ3) is 5.78. The number of nitrogens with zero attached hydrogens (tertiary/aromatic N) is 1. The maximum absolute atomic E-state index is 13.2. The molecule has 0 aromatic heterocycles. The van der Waals surface area contributed by atoms with Crippen LogP contribution in [-0.2, 0) is 10.9 Å². The molecular formula is C20H19ClF3N3O3S. The number of morpholine rings is 1. The van der Waals surface area contributed by atoms with E-state index in [1.807, 2.05) is 4.90 Å². The van der Waals surface area contributed by atoms with Crippen molar-refractivity contribution in [3.63, 3.8) is 0 Å². The van der Waals surface area contributed by atoms with Gasteiger partial charge in [-0.1, -0.05) is 11.6 Å². The standard InChI is InChI=1S/C20H19ClF3N3O3S/c1-29-17-5-3-13(21)11-14(17)18(28)26-19(31)25-15-10-12(20(22,23)24)2-4-16(15)27-6-8-30-9-7-27/h2-5,10-11H,6-9H2,1H3,(H2,25,26,28,31). The second-order valence-electron chi connectivity index (χ2n) is 6.58. The van der Waals surface area contributed by atoms with E-state index in [1.165, 1.54) is 25.3 Å². The molecule has 0 aliphatic carbocycles. The van der Waals surface area contributed by atoms with Gasteiger partial charge in [0.05, 0.1) is 42.8 Å². The highest BCUT2D eigenvalue weighted by molar-refractivity contribution is 7.80. The Balaban J connectivity index is 1.83. The predicted molar refractivity (Wildman–Crippen MR) is 116 cm³/mol. The van der Waals surface area contributed by atoms with Crippen LogP contribution in [0, 0.1) is 0 Å². The van der Waals surface area contributed by atoms with E-state index in [0.717, 1.165) is 12.1 Å². The van der Waals surface area contributed by atoms with Gasteiger partial charge in [0, 0.05) is 18.1 Å². The summed E-state index contributed by atoms with van der Waals surface area (Å²) in [5.74, 6) is -0.338. The Kier molecular flexibility index (Phi) is 7.24. The number of rotatable bonds is 4. The van der Waals surface area contributed by atoms with E-state index in [9.17, 15) is 18.0 Å². The van der Waals surface area contributed by atoms with Crippen LogP contribution in [0.2, 0.25) is 5.02 Å². The first-order valence-corrected chi connectivity index (χ1v) is 9.97. The Morgan fingerprint density at radius 2 is 1.90 bits per heavy atom. The van der Waals surface area contributed by atoms with Crippen LogP contribution in [0.15, 0.2) is 36.4 Å². The monoisotopic (exact) mass is 473 g/mol. The predicted octanol–water partition coefficient (Wildman–Crippen LogP) is 4.33. The molecule has 1 heterocycles. The Hall–Kier alpha value is -2.56. The maximum Gasteiger partial charge on any atom is 0.416 e. The van der Waals surface area contributed by atoms with E-state index in [2.05, 4.69) is 10.6 Å². The number of nitrogens with one attached hydrogen (secondary N) is 2. The molecule has 0 unspecified atom stereocenters. The zero-order chi connectivity index (χ0) is 22.6. The minimum atomic E-state index is -4.53. The minimum absolute atomic E-state index is 0.125. The third-order valence-corrected chi connectivity index (χ3v) is 5.00. The van der Waals surface area contributed by atoms with Crippen LogP contribution in [0.3, 0.4) is 0 Å². The van der Waals surface area contributed by atoms with E-state index in [4.69, 9.17) is 33.3 Å². The summed E-state index contributed by atoms with van der Waals surface area (Å²) in [5.41, 5.74) is -0.0532. The summed E-state index contributed by atoms with van der Waals surface area (Å²) in [4.78, 5) is 14.5. The van der Waals surface area contributed by atoms with Crippen molar-refractivity contribution in [3.05, 3.63) is 52.5 Å². The van der Waals surface area contributed by atoms with Gasteiger partial charge in [0.1, 0.15) is 5.75 Å². The molecule has 0 bridgehead atoms. The van der Waals surface area contributed by atoms with Crippen molar-refractivity contribution in [2.24, 2.45) is 0 Å². The van der Waals surface area contributed by atoms with Gasteiger partial charge in [-0.15, -0.1) is 0 Å². The zero-order valence-corrected chi connectivity index (χ0v) is 18.0. The van der Waals surface area contributed by atoms with Crippen LogP contribution in [0.4, 0.5) is 24.5 Å². The van der Waals surface area contributed by atoms with Gasteiger partial charge in [-0.3, -0.25) is 10.1 Å². The highest BCUT2D eigenvalue weighted by atomic mass is 35.5. The smallest absolute Gasteiger partial charge is 0.416 e. The molecule has 1 aliphatic heterocycles.